The van der Waals surface area contributed by atoms with Gasteiger partial charge < -0.3 is 9.15 Å². The van der Waals surface area contributed by atoms with Crippen LogP contribution in [0.15, 0.2) is 57.7 Å². The molecule has 1 unspecified atom stereocenters. The lowest BCUT2D eigenvalue weighted by molar-refractivity contribution is -0.186. The highest BCUT2D eigenvalue weighted by molar-refractivity contribution is 6.04. The lowest BCUT2D eigenvalue weighted by Crippen LogP contribution is -2.33. The van der Waals surface area contributed by atoms with Gasteiger partial charge in [-0.1, -0.05) is 36.4 Å². The predicted molar refractivity (Wildman–Crippen MR) is 105 cm³/mol. The molecule has 1 amide bonds. The smallest absolute Gasteiger partial charge is 0.278 e. The molecule has 2 heterocycles. The first-order valence-electron chi connectivity index (χ1n) is 9.34. The second kappa shape index (κ2) is 7.96. The monoisotopic (exact) mass is 379 g/mol. The summed E-state index contributed by atoms with van der Waals surface area (Å²) in [5.41, 5.74) is 4.03. The SMILES string of the molecule is Cc1c(-c2ccccc2)oc2c(C(=O)NOC3CCCCO3)cccc2c1=O. The summed E-state index contributed by atoms with van der Waals surface area (Å²) in [5.74, 6) is -0.0272. The van der Waals surface area contributed by atoms with E-state index < -0.39 is 12.2 Å². The number of amides is 1. The minimum absolute atomic E-state index is 0.161. The lowest BCUT2D eigenvalue weighted by atomic mass is 10.0. The maximum Gasteiger partial charge on any atom is 0.278 e. The molecule has 1 aliphatic heterocycles. The molecule has 6 nitrogen and oxygen atoms in total. The fraction of sp³-hybridized carbons (Fsp3) is 0.273. The number of nitrogens with one attached hydrogen (secondary N) is 1. The molecule has 6 heteroatoms. The van der Waals surface area contributed by atoms with Crippen molar-refractivity contribution in [3.8, 4) is 11.3 Å². The number of ether oxygens (including phenoxy) is 1. The Hall–Kier alpha value is -2.96. The van der Waals surface area contributed by atoms with E-state index in [-0.39, 0.29) is 16.6 Å². The van der Waals surface area contributed by atoms with Gasteiger partial charge in [0, 0.05) is 24.2 Å². The van der Waals surface area contributed by atoms with E-state index in [0.717, 1.165) is 24.8 Å². The molecule has 28 heavy (non-hydrogen) atoms. The average molecular weight is 379 g/mol. The molecule has 3 aromatic rings. The van der Waals surface area contributed by atoms with Crippen LogP contribution in [0.3, 0.4) is 0 Å². The zero-order valence-corrected chi connectivity index (χ0v) is 15.6. The van der Waals surface area contributed by atoms with Crippen molar-refractivity contribution < 1.29 is 18.8 Å². The second-order valence-electron chi connectivity index (χ2n) is 6.78. The number of para-hydroxylation sites is 1. The van der Waals surface area contributed by atoms with Crippen LogP contribution < -0.4 is 10.9 Å². The van der Waals surface area contributed by atoms with Crippen LogP contribution in [-0.2, 0) is 9.57 Å². The van der Waals surface area contributed by atoms with Crippen molar-refractivity contribution in [1.29, 1.82) is 0 Å². The first kappa shape index (κ1) is 18.4. The Labute approximate surface area is 162 Å². The Morgan fingerprint density at radius 2 is 1.93 bits per heavy atom. The number of hydrogen-bond donors (Lipinski definition) is 1. The van der Waals surface area contributed by atoms with Crippen LogP contribution in [0.2, 0.25) is 0 Å². The van der Waals surface area contributed by atoms with Crippen LogP contribution in [0.25, 0.3) is 22.3 Å². The molecule has 1 aromatic heterocycles. The topological polar surface area (TPSA) is 77.8 Å². The highest BCUT2D eigenvalue weighted by Gasteiger charge is 2.20. The number of carbonyl (C=O) groups is 1. The van der Waals surface area contributed by atoms with Crippen LogP contribution in [0.1, 0.15) is 35.2 Å². The molecule has 1 aliphatic rings. The van der Waals surface area contributed by atoms with Gasteiger partial charge in [0.2, 0.25) is 0 Å². The molecule has 0 saturated carbocycles. The van der Waals surface area contributed by atoms with Crippen LogP contribution in [0.5, 0.6) is 0 Å². The summed E-state index contributed by atoms with van der Waals surface area (Å²) in [6, 6.07) is 14.3. The second-order valence-corrected chi connectivity index (χ2v) is 6.78. The highest BCUT2D eigenvalue weighted by atomic mass is 16.8. The summed E-state index contributed by atoms with van der Waals surface area (Å²) in [5, 5.41) is 0.360. The van der Waals surface area contributed by atoms with Gasteiger partial charge in [0.05, 0.1) is 10.9 Å². The number of benzene rings is 2. The van der Waals surface area contributed by atoms with Crippen molar-refractivity contribution in [3.63, 3.8) is 0 Å². The molecular weight excluding hydrogens is 358 g/mol. The normalized spacial score (nSPS) is 16.8. The van der Waals surface area contributed by atoms with Gasteiger partial charge in [0.15, 0.2) is 17.3 Å². The molecule has 0 radical (unpaired) electrons. The van der Waals surface area contributed by atoms with Crippen LogP contribution >= 0.6 is 0 Å². The summed E-state index contributed by atoms with van der Waals surface area (Å²) in [6.07, 6.45) is 2.25. The van der Waals surface area contributed by atoms with Gasteiger partial charge in [-0.15, -0.1) is 0 Å². The zero-order valence-electron chi connectivity index (χ0n) is 15.6. The first-order valence-corrected chi connectivity index (χ1v) is 9.34. The van der Waals surface area contributed by atoms with E-state index in [1.54, 1.807) is 25.1 Å². The standard InChI is InChI=1S/C22H21NO5/c1-14-19(24)16-10-7-11-17(22(25)23-28-18-12-5-6-13-26-18)21(16)27-20(14)15-8-3-2-4-9-15/h2-4,7-11,18H,5-6,12-13H2,1H3,(H,23,25). The Kier molecular flexibility index (Phi) is 5.23. The van der Waals surface area contributed by atoms with Crippen LogP contribution in [0, 0.1) is 6.92 Å². The summed E-state index contributed by atoms with van der Waals surface area (Å²) in [6.45, 7) is 2.34. The van der Waals surface area contributed by atoms with E-state index in [4.69, 9.17) is 14.0 Å². The van der Waals surface area contributed by atoms with Gasteiger partial charge in [-0.2, -0.15) is 0 Å². The maximum absolute atomic E-state index is 12.9. The van der Waals surface area contributed by atoms with E-state index in [2.05, 4.69) is 5.48 Å². The van der Waals surface area contributed by atoms with Crippen molar-refractivity contribution in [1.82, 2.24) is 5.48 Å². The van der Waals surface area contributed by atoms with Crippen molar-refractivity contribution in [2.75, 3.05) is 6.61 Å². The average Bonchev–Trinajstić information content (AvgIpc) is 2.75. The molecule has 1 N–H and O–H groups in total. The summed E-state index contributed by atoms with van der Waals surface area (Å²) in [7, 11) is 0. The quantitative estimate of drug-likeness (QED) is 0.695. The van der Waals surface area contributed by atoms with Crippen LogP contribution in [-0.4, -0.2) is 18.8 Å². The molecular formula is C22H21NO5. The summed E-state index contributed by atoms with van der Waals surface area (Å²) >= 11 is 0. The fourth-order valence-corrected chi connectivity index (χ4v) is 3.33. The molecule has 1 atom stereocenters. The number of hydrogen-bond acceptors (Lipinski definition) is 5. The summed E-state index contributed by atoms with van der Waals surface area (Å²) < 4.78 is 11.5. The Morgan fingerprint density at radius 1 is 1.11 bits per heavy atom. The van der Waals surface area contributed by atoms with E-state index in [0.29, 0.717) is 23.3 Å². The third-order valence-corrected chi connectivity index (χ3v) is 4.85. The third kappa shape index (κ3) is 3.56. The van der Waals surface area contributed by atoms with Gasteiger partial charge in [0.1, 0.15) is 5.76 Å². The van der Waals surface area contributed by atoms with E-state index >= 15 is 0 Å². The van der Waals surface area contributed by atoms with Crippen LogP contribution in [0.4, 0.5) is 0 Å². The molecule has 1 saturated heterocycles. The number of carbonyl (C=O) groups excluding carboxylic acids is 1. The van der Waals surface area contributed by atoms with E-state index in [1.807, 2.05) is 30.3 Å². The molecule has 4 rings (SSSR count). The maximum atomic E-state index is 12.9. The lowest BCUT2D eigenvalue weighted by Gasteiger charge is -2.22. The van der Waals surface area contributed by atoms with E-state index in [9.17, 15) is 9.59 Å². The van der Waals surface area contributed by atoms with Gasteiger partial charge >= 0.3 is 0 Å². The number of hydroxylamine groups is 1. The molecule has 1 fully saturated rings. The largest absolute Gasteiger partial charge is 0.455 e. The Bertz CT molecular complexity index is 1050. The summed E-state index contributed by atoms with van der Waals surface area (Å²) in [4.78, 5) is 30.9. The van der Waals surface area contributed by atoms with Gasteiger partial charge in [-0.25, -0.2) is 10.3 Å². The number of rotatable bonds is 4. The van der Waals surface area contributed by atoms with Crippen molar-refractivity contribution >= 4 is 16.9 Å². The minimum Gasteiger partial charge on any atom is -0.455 e. The minimum atomic E-state index is -0.481. The van der Waals surface area contributed by atoms with Crippen molar-refractivity contribution in [2.45, 2.75) is 32.5 Å². The zero-order chi connectivity index (χ0) is 19.5. The van der Waals surface area contributed by atoms with Gasteiger partial charge in [-0.3, -0.25) is 9.59 Å². The Morgan fingerprint density at radius 3 is 2.68 bits per heavy atom. The predicted octanol–water partition coefficient (Wildman–Crippen LogP) is 3.96. The molecule has 0 bridgehead atoms. The van der Waals surface area contributed by atoms with Crippen molar-refractivity contribution in [2.24, 2.45) is 0 Å². The molecule has 2 aromatic carbocycles. The number of fused-ring (bicyclic) bond motifs is 1. The molecule has 0 spiro atoms. The first-order chi connectivity index (χ1) is 13.6. The third-order valence-electron chi connectivity index (χ3n) is 4.85. The molecule has 0 aliphatic carbocycles. The van der Waals surface area contributed by atoms with Gasteiger partial charge in [-0.05, 0) is 31.9 Å². The highest BCUT2D eigenvalue weighted by Crippen LogP contribution is 2.27. The Balaban J connectivity index is 1.71. The van der Waals surface area contributed by atoms with E-state index in [1.165, 1.54) is 0 Å². The molecule has 144 valence electrons. The fourth-order valence-electron chi connectivity index (χ4n) is 3.33. The van der Waals surface area contributed by atoms with Crippen molar-refractivity contribution in [3.05, 3.63) is 69.9 Å². The van der Waals surface area contributed by atoms with Gasteiger partial charge in [0.25, 0.3) is 5.91 Å².